The smallest absolute Gasteiger partial charge is 0.255 e. The second kappa shape index (κ2) is 7.42. The lowest BCUT2D eigenvalue weighted by Crippen LogP contribution is -2.11. The average molecular weight is 320 g/mol. The third-order valence-corrected chi connectivity index (χ3v) is 3.59. The summed E-state index contributed by atoms with van der Waals surface area (Å²) in [6.07, 6.45) is 0. The van der Waals surface area contributed by atoms with Crippen LogP contribution in [0, 0.1) is 5.82 Å². The number of carbonyl (C=O) groups is 1. The molecule has 0 aliphatic carbocycles. The summed E-state index contributed by atoms with van der Waals surface area (Å²) in [4.78, 5) is 12.1. The van der Waals surface area contributed by atoms with Crippen LogP contribution in [0.25, 0.3) is 0 Å². The Balaban J connectivity index is 1.57. The largest absolute Gasteiger partial charge is 0.381 e. The van der Waals surface area contributed by atoms with Crippen LogP contribution < -0.4 is 10.6 Å². The highest BCUT2D eigenvalue weighted by Gasteiger charge is 2.04. The van der Waals surface area contributed by atoms with Gasteiger partial charge in [-0.1, -0.05) is 30.3 Å². The zero-order valence-electron chi connectivity index (χ0n) is 13.0. The minimum Gasteiger partial charge on any atom is -0.381 e. The first-order valence-corrected chi connectivity index (χ1v) is 7.65. The van der Waals surface area contributed by atoms with E-state index in [4.69, 9.17) is 0 Å². The summed E-state index contributed by atoms with van der Waals surface area (Å²) < 4.78 is 12.9. The molecule has 0 fully saturated rings. The van der Waals surface area contributed by atoms with Gasteiger partial charge in [0.2, 0.25) is 0 Å². The number of anilines is 2. The van der Waals surface area contributed by atoms with E-state index in [1.807, 2.05) is 42.5 Å². The van der Waals surface area contributed by atoms with Gasteiger partial charge >= 0.3 is 0 Å². The highest BCUT2D eigenvalue weighted by atomic mass is 19.1. The summed E-state index contributed by atoms with van der Waals surface area (Å²) in [5, 5.41) is 6.11. The Kier molecular flexibility index (Phi) is 4.87. The third kappa shape index (κ3) is 4.20. The zero-order chi connectivity index (χ0) is 16.8. The number of hydrogen-bond acceptors (Lipinski definition) is 2. The average Bonchev–Trinajstić information content (AvgIpc) is 2.63. The lowest BCUT2D eigenvalue weighted by molar-refractivity contribution is 0.102. The maximum atomic E-state index is 12.9. The Morgan fingerprint density at radius 2 is 1.42 bits per heavy atom. The molecule has 3 nitrogen and oxygen atoms in total. The molecule has 24 heavy (non-hydrogen) atoms. The van der Waals surface area contributed by atoms with Crippen molar-refractivity contribution in [1.82, 2.24) is 0 Å². The molecule has 3 aromatic rings. The van der Waals surface area contributed by atoms with Gasteiger partial charge in [-0.15, -0.1) is 0 Å². The van der Waals surface area contributed by atoms with Crippen LogP contribution in [0.2, 0.25) is 0 Å². The Hall–Kier alpha value is -3.14. The molecule has 0 unspecified atom stereocenters. The maximum absolute atomic E-state index is 12.9. The van der Waals surface area contributed by atoms with Crippen molar-refractivity contribution in [1.29, 1.82) is 0 Å². The molecule has 0 atom stereocenters. The van der Waals surface area contributed by atoms with E-state index in [0.717, 1.165) is 16.9 Å². The standard InChI is InChI=1S/C20H17FN2O/c21-17-8-6-15(7-9-17)14-22-18-10-12-19(13-11-18)23-20(24)16-4-2-1-3-5-16/h1-13,22H,14H2,(H,23,24). The number of rotatable bonds is 5. The maximum Gasteiger partial charge on any atom is 0.255 e. The van der Waals surface area contributed by atoms with Crippen LogP contribution >= 0.6 is 0 Å². The van der Waals surface area contributed by atoms with Crippen molar-refractivity contribution in [2.45, 2.75) is 6.54 Å². The molecule has 120 valence electrons. The van der Waals surface area contributed by atoms with Crippen molar-refractivity contribution in [3.05, 3.63) is 95.8 Å². The summed E-state index contributed by atoms with van der Waals surface area (Å²) in [5.74, 6) is -0.375. The minimum atomic E-state index is -0.239. The van der Waals surface area contributed by atoms with Crippen LogP contribution in [0.5, 0.6) is 0 Å². The van der Waals surface area contributed by atoms with E-state index in [2.05, 4.69) is 10.6 Å². The van der Waals surface area contributed by atoms with Crippen molar-refractivity contribution in [2.24, 2.45) is 0 Å². The quantitative estimate of drug-likeness (QED) is 0.716. The third-order valence-electron chi connectivity index (χ3n) is 3.59. The Morgan fingerprint density at radius 1 is 0.792 bits per heavy atom. The van der Waals surface area contributed by atoms with Gasteiger partial charge in [0, 0.05) is 23.5 Å². The van der Waals surface area contributed by atoms with Gasteiger partial charge in [-0.05, 0) is 54.1 Å². The SMILES string of the molecule is O=C(Nc1ccc(NCc2ccc(F)cc2)cc1)c1ccccc1. The van der Waals surface area contributed by atoms with Crippen molar-refractivity contribution in [3.8, 4) is 0 Å². The normalized spacial score (nSPS) is 10.2. The summed E-state index contributed by atoms with van der Waals surface area (Å²) in [5.41, 5.74) is 3.28. The second-order valence-electron chi connectivity index (χ2n) is 5.38. The summed E-state index contributed by atoms with van der Waals surface area (Å²) in [6.45, 7) is 0.607. The van der Waals surface area contributed by atoms with Crippen LogP contribution in [0.1, 0.15) is 15.9 Å². The monoisotopic (exact) mass is 320 g/mol. The van der Waals surface area contributed by atoms with E-state index < -0.39 is 0 Å². The molecule has 0 radical (unpaired) electrons. The second-order valence-corrected chi connectivity index (χ2v) is 5.38. The molecule has 0 heterocycles. The van der Waals surface area contributed by atoms with E-state index in [-0.39, 0.29) is 11.7 Å². The van der Waals surface area contributed by atoms with Crippen molar-refractivity contribution < 1.29 is 9.18 Å². The van der Waals surface area contributed by atoms with Crippen LogP contribution in [0.3, 0.4) is 0 Å². The minimum absolute atomic E-state index is 0.136. The van der Waals surface area contributed by atoms with Gasteiger partial charge in [-0.25, -0.2) is 4.39 Å². The van der Waals surface area contributed by atoms with Gasteiger partial charge in [0.1, 0.15) is 5.82 Å². The highest BCUT2D eigenvalue weighted by molar-refractivity contribution is 6.04. The van der Waals surface area contributed by atoms with Gasteiger partial charge in [0.25, 0.3) is 5.91 Å². The molecule has 2 N–H and O–H groups in total. The lowest BCUT2D eigenvalue weighted by Gasteiger charge is -2.09. The van der Waals surface area contributed by atoms with Crippen LogP contribution in [-0.4, -0.2) is 5.91 Å². The van der Waals surface area contributed by atoms with Crippen molar-refractivity contribution in [3.63, 3.8) is 0 Å². The number of amides is 1. The number of carbonyl (C=O) groups excluding carboxylic acids is 1. The molecule has 1 amide bonds. The molecular formula is C20H17FN2O. The van der Waals surface area contributed by atoms with Gasteiger partial charge in [0.05, 0.1) is 0 Å². The molecule has 0 spiro atoms. The molecule has 4 heteroatoms. The molecule has 0 bridgehead atoms. The summed E-state index contributed by atoms with van der Waals surface area (Å²) in [6, 6.07) is 22.9. The van der Waals surface area contributed by atoms with E-state index >= 15 is 0 Å². The Morgan fingerprint density at radius 3 is 2.08 bits per heavy atom. The zero-order valence-corrected chi connectivity index (χ0v) is 13.0. The molecule has 3 rings (SSSR count). The molecule has 3 aromatic carbocycles. The predicted octanol–water partition coefficient (Wildman–Crippen LogP) is 4.69. The van der Waals surface area contributed by atoms with E-state index in [1.54, 1.807) is 24.3 Å². The molecule has 0 aromatic heterocycles. The number of halogens is 1. The first kappa shape index (κ1) is 15.7. The first-order chi connectivity index (χ1) is 11.7. The van der Waals surface area contributed by atoms with Crippen molar-refractivity contribution >= 4 is 17.3 Å². The van der Waals surface area contributed by atoms with Crippen LogP contribution in [0.15, 0.2) is 78.9 Å². The fraction of sp³-hybridized carbons (Fsp3) is 0.0500. The Bertz CT molecular complexity index is 799. The molecule has 0 aliphatic heterocycles. The van der Waals surface area contributed by atoms with Gasteiger partial charge < -0.3 is 10.6 Å². The van der Waals surface area contributed by atoms with Gasteiger partial charge in [0.15, 0.2) is 0 Å². The first-order valence-electron chi connectivity index (χ1n) is 7.65. The molecule has 0 aliphatic rings. The van der Waals surface area contributed by atoms with Crippen LogP contribution in [0.4, 0.5) is 15.8 Å². The summed E-state index contributed by atoms with van der Waals surface area (Å²) in [7, 11) is 0. The molecule has 0 saturated carbocycles. The van der Waals surface area contributed by atoms with E-state index in [1.165, 1.54) is 12.1 Å². The van der Waals surface area contributed by atoms with Gasteiger partial charge in [-0.2, -0.15) is 0 Å². The number of benzene rings is 3. The van der Waals surface area contributed by atoms with Crippen molar-refractivity contribution in [2.75, 3.05) is 10.6 Å². The molecule has 0 saturated heterocycles. The van der Waals surface area contributed by atoms with E-state index in [9.17, 15) is 9.18 Å². The molecular weight excluding hydrogens is 303 g/mol. The Labute approximate surface area is 140 Å². The number of hydrogen-bond donors (Lipinski definition) is 2. The van der Waals surface area contributed by atoms with Gasteiger partial charge in [-0.3, -0.25) is 4.79 Å². The summed E-state index contributed by atoms with van der Waals surface area (Å²) >= 11 is 0. The number of nitrogens with one attached hydrogen (secondary N) is 2. The predicted molar refractivity (Wildman–Crippen MR) is 94.6 cm³/mol. The fourth-order valence-corrected chi connectivity index (χ4v) is 2.27. The fourth-order valence-electron chi connectivity index (χ4n) is 2.27. The lowest BCUT2D eigenvalue weighted by atomic mass is 10.2. The topological polar surface area (TPSA) is 41.1 Å². The van der Waals surface area contributed by atoms with E-state index in [0.29, 0.717) is 12.1 Å². The highest BCUT2D eigenvalue weighted by Crippen LogP contribution is 2.16. The van der Waals surface area contributed by atoms with Crippen LogP contribution in [-0.2, 0) is 6.54 Å².